The van der Waals surface area contributed by atoms with E-state index in [4.69, 9.17) is 5.41 Å². The molecule has 3 rings (SSSR count). The van der Waals surface area contributed by atoms with Crippen LogP contribution in [0.1, 0.15) is 11.5 Å². The van der Waals surface area contributed by atoms with Crippen molar-refractivity contribution in [1.82, 2.24) is 4.90 Å². The van der Waals surface area contributed by atoms with Crippen molar-refractivity contribution in [1.29, 1.82) is 21.2 Å². The molecule has 0 radical (unpaired) electrons. The number of benzene rings is 1. The molecule has 1 unspecified atom stereocenters. The maximum atomic E-state index is 13.7. The van der Waals surface area contributed by atoms with Crippen LogP contribution >= 0.6 is 15.9 Å². The molecule has 1 N–H and O–H groups in total. The van der Waals surface area contributed by atoms with Gasteiger partial charge in [0.05, 0.1) is 28.4 Å². The lowest BCUT2D eigenvalue weighted by Gasteiger charge is -2.47. The fourth-order valence-electron chi connectivity index (χ4n) is 4.03. The minimum absolute atomic E-state index is 0.192. The normalized spacial score (nSPS) is 27.5. The quantitative estimate of drug-likeness (QED) is 0.715. The monoisotopic (exact) mass is 411 g/mol. The van der Waals surface area contributed by atoms with Gasteiger partial charge in [-0.15, -0.1) is 0 Å². The first-order valence-electron chi connectivity index (χ1n) is 8.04. The van der Waals surface area contributed by atoms with Crippen molar-refractivity contribution in [2.75, 3.05) is 20.1 Å². The fraction of sp³-hybridized carbons (Fsp3) is 0.368. The Hall–Kier alpha value is -2.53. The summed E-state index contributed by atoms with van der Waals surface area (Å²) >= 11 is 3.16. The highest BCUT2D eigenvalue weighted by molar-refractivity contribution is 9.10. The largest absolute Gasteiger partial charge is 0.305 e. The molecule has 0 spiro atoms. The van der Waals surface area contributed by atoms with Crippen LogP contribution in [0.25, 0.3) is 0 Å². The number of halogens is 2. The van der Waals surface area contributed by atoms with Crippen LogP contribution in [0.15, 0.2) is 34.3 Å². The zero-order valence-corrected chi connectivity index (χ0v) is 15.6. The van der Waals surface area contributed by atoms with E-state index in [1.165, 1.54) is 6.07 Å². The van der Waals surface area contributed by atoms with E-state index in [-0.39, 0.29) is 16.1 Å². The van der Waals surface area contributed by atoms with Gasteiger partial charge in [0, 0.05) is 24.9 Å². The molecule has 1 saturated carbocycles. The summed E-state index contributed by atoms with van der Waals surface area (Å²) < 4.78 is 14.0. The smallest absolute Gasteiger partial charge is 0.189 e. The Bertz CT molecular complexity index is 919. The zero-order valence-electron chi connectivity index (χ0n) is 14.0. The number of nitrogens with one attached hydrogen (secondary N) is 1. The van der Waals surface area contributed by atoms with E-state index in [0.717, 1.165) is 5.57 Å². The Morgan fingerprint density at radius 1 is 1.31 bits per heavy atom. The molecule has 1 aliphatic heterocycles. The highest BCUT2D eigenvalue weighted by Crippen LogP contribution is 2.53. The summed E-state index contributed by atoms with van der Waals surface area (Å²) in [5.74, 6) is -2.25. The van der Waals surface area contributed by atoms with E-state index >= 15 is 0 Å². The van der Waals surface area contributed by atoms with Crippen LogP contribution in [0.3, 0.4) is 0 Å². The molecule has 0 bridgehead atoms. The average Bonchev–Trinajstić information content (AvgIpc) is 2.63. The van der Waals surface area contributed by atoms with E-state index in [2.05, 4.69) is 22.0 Å². The lowest BCUT2D eigenvalue weighted by molar-refractivity contribution is 0.235. The average molecular weight is 412 g/mol. The molecule has 2 aliphatic rings. The van der Waals surface area contributed by atoms with Crippen molar-refractivity contribution in [2.24, 2.45) is 17.3 Å². The van der Waals surface area contributed by atoms with Gasteiger partial charge in [0.2, 0.25) is 0 Å². The maximum absolute atomic E-state index is 13.7. The molecule has 0 saturated heterocycles. The first kappa shape index (κ1) is 18.3. The zero-order chi connectivity index (χ0) is 19.1. The van der Waals surface area contributed by atoms with Crippen molar-refractivity contribution in [3.05, 3.63) is 45.7 Å². The Morgan fingerprint density at radius 3 is 2.58 bits per heavy atom. The van der Waals surface area contributed by atoms with E-state index in [0.29, 0.717) is 18.7 Å². The van der Waals surface area contributed by atoms with Crippen LogP contribution in [0, 0.1) is 62.5 Å². The van der Waals surface area contributed by atoms with Gasteiger partial charge in [-0.25, -0.2) is 4.39 Å². The molecule has 0 aromatic heterocycles. The number of hydrogen-bond donors (Lipinski definition) is 1. The van der Waals surface area contributed by atoms with Gasteiger partial charge in [0.25, 0.3) is 0 Å². The molecular weight excluding hydrogens is 397 g/mol. The third kappa shape index (κ3) is 2.54. The van der Waals surface area contributed by atoms with Crippen molar-refractivity contribution in [3.63, 3.8) is 0 Å². The summed E-state index contributed by atoms with van der Waals surface area (Å²) in [5.41, 5.74) is -0.573. The number of likely N-dealkylation sites (N-methyl/N-ethyl adjacent to an activating group) is 1. The van der Waals surface area contributed by atoms with Gasteiger partial charge < -0.3 is 10.3 Å². The summed E-state index contributed by atoms with van der Waals surface area (Å²) in [7, 11) is 1.92. The lowest BCUT2D eigenvalue weighted by atomic mass is 9.54. The van der Waals surface area contributed by atoms with E-state index in [9.17, 15) is 20.2 Å². The molecule has 0 amide bonds. The third-order valence-electron chi connectivity index (χ3n) is 5.28. The number of fused-ring (bicyclic) bond motifs is 1. The summed E-state index contributed by atoms with van der Waals surface area (Å²) in [6, 6.07) is 10.5. The van der Waals surface area contributed by atoms with Crippen molar-refractivity contribution < 1.29 is 4.39 Å². The summed E-state index contributed by atoms with van der Waals surface area (Å²) in [5, 5.41) is 37.9. The first-order valence-corrected chi connectivity index (χ1v) is 8.83. The van der Waals surface area contributed by atoms with E-state index < -0.39 is 23.1 Å². The van der Waals surface area contributed by atoms with Gasteiger partial charge in [-0.2, -0.15) is 15.8 Å². The Labute approximate surface area is 159 Å². The highest BCUT2D eigenvalue weighted by atomic mass is 79.9. The van der Waals surface area contributed by atoms with Gasteiger partial charge in [0.15, 0.2) is 5.41 Å². The first-order chi connectivity index (χ1) is 12.4. The van der Waals surface area contributed by atoms with Crippen molar-refractivity contribution >= 4 is 21.6 Å². The molecule has 3 atom stereocenters. The van der Waals surface area contributed by atoms with Crippen LogP contribution in [0.2, 0.25) is 0 Å². The molecule has 1 fully saturated rings. The third-order valence-corrected chi connectivity index (χ3v) is 5.88. The molecule has 5 nitrogen and oxygen atoms in total. The van der Waals surface area contributed by atoms with Crippen LogP contribution in [-0.4, -0.2) is 30.7 Å². The molecule has 1 aromatic carbocycles. The molecular formula is C19H15BrFN5. The second-order valence-corrected chi connectivity index (χ2v) is 7.54. The standard InChI is InChI=1S/C19H15BrFN5/c1-26-5-4-12-13(7-22)18(25)19(9-23,10-24)17(14(12)8-26)11-2-3-16(21)15(20)6-11/h2-4,6,13-14,17,25H,5,8H2,1H3/t13?,14-,17+/m1/s1. The van der Waals surface area contributed by atoms with Crippen LogP contribution in [-0.2, 0) is 0 Å². The molecule has 1 aliphatic carbocycles. The number of nitriles is 3. The predicted molar refractivity (Wildman–Crippen MR) is 96.4 cm³/mol. The summed E-state index contributed by atoms with van der Waals surface area (Å²) in [6.45, 7) is 1.20. The van der Waals surface area contributed by atoms with Gasteiger partial charge >= 0.3 is 0 Å². The fourth-order valence-corrected chi connectivity index (χ4v) is 4.43. The van der Waals surface area contributed by atoms with Gasteiger partial charge in [-0.3, -0.25) is 0 Å². The van der Waals surface area contributed by atoms with Gasteiger partial charge in [-0.05, 0) is 46.2 Å². The van der Waals surface area contributed by atoms with Crippen LogP contribution in [0.5, 0.6) is 0 Å². The Morgan fingerprint density at radius 2 is 2.00 bits per heavy atom. The number of hydrogen-bond acceptors (Lipinski definition) is 5. The second kappa shape index (κ2) is 6.65. The minimum Gasteiger partial charge on any atom is -0.305 e. The van der Waals surface area contributed by atoms with E-state index in [1.54, 1.807) is 12.1 Å². The Balaban J connectivity index is 2.28. The highest BCUT2D eigenvalue weighted by Gasteiger charge is 2.57. The van der Waals surface area contributed by atoms with Crippen molar-refractivity contribution in [2.45, 2.75) is 5.92 Å². The lowest BCUT2D eigenvalue weighted by Crippen LogP contribution is -2.52. The topological polar surface area (TPSA) is 98.5 Å². The van der Waals surface area contributed by atoms with Crippen molar-refractivity contribution in [3.8, 4) is 18.2 Å². The van der Waals surface area contributed by atoms with E-state index in [1.807, 2.05) is 30.2 Å². The van der Waals surface area contributed by atoms with Gasteiger partial charge in [-0.1, -0.05) is 12.1 Å². The molecule has 1 heterocycles. The minimum atomic E-state index is -1.77. The summed E-state index contributed by atoms with van der Waals surface area (Å²) in [6.07, 6.45) is 1.92. The SMILES string of the molecule is CN1CC=C2C(C#N)C(=N)C(C#N)(C#N)[C@@H](c3ccc(F)c(Br)c3)[C@@H]2C1. The second-order valence-electron chi connectivity index (χ2n) is 6.69. The predicted octanol–water partition coefficient (Wildman–Crippen LogP) is 3.37. The number of rotatable bonds is 1. The maximum Gasteiger partial charge on any atom is 0.189 e. The van der Waals surface area contributed by atoms with Crippen LogP contribution in [0.4, 0.5) is 4.39 Å². The molecule has 1 aromatic rings. The molecule has 26 heavy (non-hydrogen) atoms. The Kier molecular flexibility index (Phi) is 4.67. The summed E-state index contributed by atoms with van der Waals surface area (Å²) in [4.78, 5) is 2.04. The van der Waals surface area contributed by atoms with Gasteiger partial charge in [0.1, 0.15) is 11.7 Å². The van der Waals surface area contributed by atoms with Crippen LogP contribution < -0.4 is 0 Å². The molecule has 130 valence electrons. The number of nitrogens with zero attached hydrogens (tertiary/aromatic N) is 4. The molecule has 7 heteroatoms.